The maximum atomic E-state index is 11.8. The highest BCUT2D eigenvalue weighted by atomic mass is 35.5. The van der Waals surface area contributed by atoms with Crippen molar-refractivity contribution in [1.29, 1.82) is 0 Å². The fraction of sp³-hybridized carbons (Fsp3) is 0.214. The molecule has 0 fully saturated rings. The lowest BCUT2D eigenvalue weighted by atomic mass is 10.2. The Balaban J connectivity index is 1.86. The number of aromatic nitrogens is 1. The van der Waals surface area contributed by atoms with Gasteiger partial charge in [0.1, 0.15) is 5.01 Å². The van der Waals surface area contributed by atoms with Gasteiger partial charge in [-0.25, -0.2) is 4.98 Å². The molecule has 0 unspecified atom stereocenters. The van der Waals surface area contributed by atoms with Gasteiger partial charge in [0.2, 0.25) is 5.91 Å². The van der Waals surface area contributed by atoms with Crippen LogP contribution in [-0.2, 0) is 29.0 Å². The lowest BCUT2D eigenvalue weighted by Gasteiger charge is -2.05. The summed E-state index contributed by atoms with van der Waals surface area (Å²) in [4.78, 5) is 26.4. The molecule has 2 rings (SSSR count). The van der Waals surface area contributed by atoms with Gasteiger partial charge in [0.25, 0.3) is 0 Å². The first-order valence-electron chi connectivity index (χ1n) is 6.28. The Morgan fingerprint density at radius 2 is 2.00 bits per heavy atom. The van der Waals surface area contributed by atoms with Crippen LogP contribution in [0, 0.1) is 0 Å². The minimum atomic E-state index is -1.19. The van der Waals surface area contributed by atoms with Crippen molar-refractivity contribution in [3.05, 3.63) is 49.9 Å². The Morgan fingerprint density at radius 1 is 1.23 bits per heavy atom. The number of rotatable bonds is 6. The molecule has 1 aromatic heterocycles. The van der Waals surface area contributed by atoms with E-state index in [0.29, 0.717) is 27.3 Å². The quantitative estimate of drug-likeness (QED) is 0.851. The lowest BCUT2D eigenvalue weighted by molar-refractivity contribution is -0.304. The van der Waals surface area contributed by atoms with E-state index in [9.17, 15) is 14.7 Å². The third kappa shape index (κ3) is 4.98. The SMILES string of the molecule is O=C([O-])Cc1csc(CC(=O)NCc2ccc(Cl)c(Cl)c2)n1. The number of thiazole rings is 1. The van der Waals surface area contributed by atoms with Crippen LogP contribution in [0.5, 0.6) is 0 Å². The van der Waals surface area contributed by atoms with Gasteiger partial charge in [-0.3, -0.25) is 4.79 Å². The van der Waals surface area contributed by atoms with Gasteiger partial charge in [-0.1, -0.05) is 29.3 Å². The van der Waals surface area contributed by atoms with E-state index in [1.165, 1.54) is 11.3 Å². The average Bonchev–Trinajstić information content (AvgIpc) is 2.86. The third-order valence-corrected chi connectivity index (χ3v) is 4.35. The highest BCUT2D eigenvalue weighted by Crippen LogP contribution is 2.22. The minimum absolute atomic E-state index is 0.0963. The second-order valence-corrected chi connectivity index (χ2v) is 6.24. The number of carbonyl (C=O) groups excluding carboxylic acids is 2. The molecule has 0 saturated heterocycles. The molecule has 1 N–H and O–H groups in total. The summed E-state index contributed by atoms with van der Waals surface area (Å²) in [6.45, 7) is 0.326. The monoisotopic (exact) mass is 357 g/mol. The molecule has 0 bridgehead atoms. The number of nitrogens with one attached hydrogen (secondary N) is 1. The third-order valence-electron chi connectivity index (χ3n) is 2.71. The predicted octanol–water partition coefficient (Wildman–Crippen LogP) is 1.60. The standard InChI is InChI=1S/C14H12Cl2N2O3S/c15-10-2-1-8(3-11(10)16)6-17-12(19)5-13-18-9(7-22-13)4-14(20)21/h1-3,7H,4-6H2,(H,17,19)(H,20,21)/p-1. The molecule has 0 saturated carbocycles. The first-order valence-corrected chi connectivity index (χ1v) is 7.91. The zero-order valence-electron chi connectivity index (χ0n) is 11.3. The molecular formula is C14H11Cl2N2O3S-. The molecule has 1 aromatic carbocycles. The highest BCUT2D eigenvalue weighted by Gasteiger charge is 2.08. The maximum absolute atomic E-state index is 11.8. The van der Waals surface area contributed by atoms with Crippen LogP contribution in [0.1, 0.15) is 16.3 Å². The molecule has 0 spiro atoms. The van der Waals surface area contributed by atoms with Crippen molar-refractivity contribution in [1.82, 2.24) is 10.3 Å². The molecule has 5 nitrogen and oxygen atoms in total. The number of aliphatic carboxylic acids is 1. The second kappa shape index (κ2) is 7.58. The summed E-state index contributed by atoms with van der Waals surface area (Å²) in [7, 11) is 0. The number of halogens is 2. The summed E-state index contributed by atoms with van der Waals surface area (Å²) < 4.78 is 0. The minimum Gasteiger partial charge on any atom is -0.550 e. The predicted molar refractivity (Wildman–Crippen MR) is 82.8 cm³/mol. The first-order chi connectivity index (χ1) is 10.4. The molecule has 0 radical (unpaired) electrons. The Kier molecular flexibility index (Phi) is 5.76. The average molecular weight is 358 g/mol. The van der Waals surface area contributed by atoms with Gasteiger partial charge >= 0.3 is 0 Å². The van der Waals surface area contributed by atoms with Crippen molar-refractivity contribution >= 4 is 46.4 Å². The fourth-order valence-corrected chi connectivity index (χ4v) is 2.82. The number of amides is 1. The van der Waals surface area contributed by atoms with Crippen LogP contribution in [0.15, 0.2) is 23.6 Å². The van der Waals surface area contributed by atoms with Crippen LogP contribution in [-0.4, -0.2) is 16.9 Å². The summed E-state index contributed by atoms with van der Waals surface area (Å²) in [6, 6.07) is 5.12. The van der Waals surface area contributed by atoms with E-state index in [4.69, 9.17) is 23.2 Å². The maximum Gasteiger partial charge on any atom is 0.227 e. The van der Waals surface area contributed by atoms with Crippen LogP contribution in [0.3, 0.4) is 0 Å². The summed E-state index contributed by atoms with van der Waals surface area (Å²) in [5.41, 5.74) is 1.23. The number of nitrogens with zero attached hydrogens (tertiary/aromatic N) is 1. The van der Waals surface area contributed by atoms with E-state index in [-0.39, 0.29) is 18.7 Å². The van der Waals surface area contributed by atoms with Crippen molar-refractivity contribution in [2.45, 2.75) is 19.4 Å². The first kappa shape index (κ1) is 16.7. The summed E-state index contributed by atoms with van der Waals surface area (Å²) >= 11 is 13.0. The fourth-order valence-electron chi connectivity index (χ4n) is 1.71. The number of hydrogen-bond donors (Lipinski definition) is 1. The molecule has 0 aliphatic rings. The van der Waals surface area contributed by atoms with Gasteiger partial charge in [-0.15, -0.1) is 11.3 Å². The number of carboxylic acids is 1. The Bertz CT molecular complexity index is 703. The van der Waals surface area contributed by atoms with Gasteiger partial charge in [0, 0.05) is 24.3 Å². The molecule has 8 heteroatoms. The van der Waals surface area contributed by atoms with Gasteiger partial charge in [0.05, 0.1) is 22.2 Å². The molecule has 1 heterocycles. The Labute approximate surface area is 140 Å². The molecule has 0 atom stereocenters. The van der Waals surface area contributed by atoms with Crippen molar-refractivity contribution < 1.29 is 14.7 Å². The largest absolute Gasteiger partial charge is 0.550 e. The van der Waals surface area contributed by atoms with Crippen LogP contribution in [0.25, 0.3) is 0 Å². The van der Waals surface area contributed by atoms with Gasteiger partial charge in [-0.05, 0) is 17.7 Å². The van der Waals surface area contributed by atoms with Gasteiger partial charge < -0.3 is 15.2 Å². The van der Waals surface area contributed by atoms with E-state index in [1.807, 2.05) is 0 Å². The molecule has 22 heavy (non-hydrogen) atoms. The van der Waals surface area contributed by atoms with Gasteiger partial charge in [0.15, 0.2) is 0 Å². The zero-order chi connectivity index (χ0) is 16.1. The van der Waals surface area contributed by atoms with Gasteiger partial charge in [-0.2, -0.15) is 0 Å². The highest BCUT2D eigenvalue weighted by molar-refractivity contribution is 7.09. The lowest BCUT2D eigenvalue weighted by Crippen LogP contribution is -2.25. The van der Waals surface area contributed by atoms with Crippen LogP contribution in [0.2, 0.25) is 10.0 Å². The van der Waals surface area contributed by atoms with E-state index in [1.54, 1.807) is 23.6 Å². The molecule has 0 aliphatic carbocycles. The summed E-state index contributed by atoms with van der Waals surface area (Å²) in [5.74, 6) is -1.40. The van der Waals surface area contributed by atoms with E-state index < -0.39 is 5.97 Å². The smallest absolute Gasteiger partial charge is 0.227 e. The molecule has 0 aliphatic heterocycles. The van der Waals surface area contributed by atoms with E-state index in [2.05, 4.69) is 10.3 Å². The van der Waals surface area contributed by atoms with Crippen molar-refractivity contribution in [2.75, 3.05) is 0 Å². The van der Waals surface area contributed by atoms with Crippen molar-refractivity contribution in [3.63, 3.8) is 0 Å². The normalized spacial score (nSPS) is 10.5. The summed E-state index contributed by atoms with van der Waals surface area (Å²) in [6.07, 6.45) is -0.152. The Hall–Kier alpha value is -1.63. The zero-order valence-corrected chi connectivity index (χ0v) is 13.6. The van der Waals surface area contributed by atoms with Crippen LogP contribution >= 0.6 is 34.5 Å². The Morgan fingerprint density at radius 3 is 2.68 bits per heavy atom. The number of benzene rings is 1. The topological polar surface area (TPSA) is 82.1 Å². The summed E-state index contributed by atoms with van der Waals surface area (Å²) in [5, 5.41) is 16.3. The van der Waals surface area contributed by atoms with Crippen LogP contribution < -0.4 is 10.4 Å². The molecule has 116 valence electrons. The number of carbonyl (C=O) groups is 2. The van der Waals surface area contributed by atoms with Crippen molar-refractivity contribution in [2.24, 2.45) is 0 Å². The number of carboxylic acid groups (broad SMARTS) is 1. The van der Waals surface area contributed by atoms with Crippen LogP contribution in [0.4, 0.5) is 0 Å². The second-order valence-electron chi connectivity index (χ2n) is 4.48. The molecule has 1 amide bonds. The molecular weight excluding hydrogens is 347 g/mol. The number of hydrogen-bond acceptors (Lipinski definition) is 5. The van der Waals surface area contributed by atoms with E-state index >= 15 is 0 Å². The van der Waals surface area contributed by atoms with Crippen molar-refractivity contribution in [3.8, 4) is 0 Å². The van der Waals surface area contributed by atoms with E-state index in [0.717, 1.165) is 5.56 Å². The molecule has 2 aromatic rings.